The lowest BCUT2D eigenvalue weighted by molar-refractivity contribution is 0.289. The van der Waals surface area contributed by atoms with Crippen molar-refractivity contribution in [2.75, 3.05) is 39.8 Å². The lowest BCUT2D eigenvalue weighted by Crippen LogP contribution is -2.27. The first-order valence-corrected chi connectivity index (χ1v) is 7.70. The number of rotatable bonds is 8. The van der Waals surface area contributed by atoms with Crippen LogP contribution in [0.1, 0.15) is 46.5 Å². The van der Waals surface area contributed by atoms with E-state index in [2.05, 4.69) is 43.7 Å². The second kappa shape index (κ2) is 8.71. The highest BCUT2D eigenvalue weighted by Gasteiger charge is 2.10. The normalized spacial score (nSPS) is 19.7. The van der Waals surface area contributed by atoms with Gasteiger partial charge in [0.25, 0.3) is 0 Å². The molecule has 0 aromatic rings. The van der Waals surface area contributed by atoms with Gasteiger partial charge in [0, 0.05) is 6.54 Å². The lowest BCUT2D eigenvalue weighted by atomic mass is 10.1. The van der Waals surface area contributed by atoms with Crippen molar-refractivity contribution in [1.29, 1.82) is 0 Å². The molecule has 0 aromatic heterocycles. The largest absolute Gasteiger partial charge is 0.303 e. The molecule has 0 amide bonds. The van der Waals surface area contributed by atoms with Crippen molar-refractivity contribution in [3.05, 3.63) is 11.6 Å². The van der Waals surface area contributed by atoms with Gasteiger partial charge < -0.3 is 9.80 Å². The van der Waals surface area contributed by atoms with E-state index in [1.54, 1.807) is 0 Å². The Morgan fingerprint density at radius 3 is 2.61 bits per heavy atom. The van der Waals surface area contributed by atoms with Gasteiger partial charge >= 0.3 is 0 Å². The fourth-order valence-electron chi connectivity index (χ4n) is 2.73. The molecule has 0 N–H and O–H groups in total. The molecular weight excluding hydrogens is 220 g/mol. The summed E-state index contributed by atoms with van der Waals surface area (Å²) in [4.78, 5) is 5.07. The van der Waals surface area contributed by atoms with Gasteiger partial charge in [-0.2, -0.15) is 0 Å². The molecule has 1 saturated heterocycles. The molecule has 0 saturated carbocycles. The van der Waals surface area contributed by atoms with E-state index < -0.39 is 0 Å². The predicted molar refractivity (Wildman–Crippen MR) is 81.0 cm³/mol. The summed E-state index contributed by atoms with van der Waals surface area (Å²) in [6.07, 6.45) is 7.80. The third-order valence-electron chi connectivity index (χ3n) is 3.95. The van der Waals surface area contributed by atoms with Crippen molar-refractivity contribution in [2.24, 2.45) is 5.92 Å². The molecule has 0 aromatic carbocycles. The van der Waals surface area contributed by atoms with Gasteiger partial charge in [0.2, 0.25) is 0 Å². The minimum Gasteiger partial charge on any atom is -0.303 e. The summed E-state index contributed by atoms with van der Waals surface area (Å²) >= 11 is 0. The molecule has 1 rings (SSSR count). The van der Waals surface area contributed by atoms with Crippen LogP contribution in [0.3, 0.4) is 0 Å². The molecule has 0 aliphatic carbocycles. The molecule has 0 bridgehead atoms. The minimum atomic E-state index is 0.725. The topological polar surface area (TPSA) is 6.48 Å². The number of nitrogens with zero attached hydrogens (tertiary/aromatic N) is 2. The molecular formula is C16H32N2. The van der Waals surface area contributed by atoms with Gasteiger partial charge in [-0.15, -0.1) is 0 Å². The maximum Gasteiger partial charge on any atom is 0.0187 e. The van der Waals surface area contributed by atoms with E-state index in [-0.39, 0.29) is 0 Å². The predicted octanol–water partition coefficient (Wildman–Crippen LogP) is 3.40. The molecule has 0 spiro atoms. The third-order valence-corrected chi connectivity index (χ3v) is 3.95. The lowest BCUT2D eigenvalue weighted by Gasteiger charge is -2.20. The number of likely N-dealkylation sites (N-methyl/N-ethyl adjacent to an activating group) is 1. The number of hydrogen-bond donors (Lipinski definition) is 0. The first kappa shape index (κ1) is 15.7. The zero-order chi connectivity index (χ0) is 13.4. The van der Waals surface area contributed by atoms with Gasteiger partial charge in [-0.25, -0.2) is 0 Å². The standard InChI is InChI=1S/C16H32N2/c1-5-15(2)13-16(3)14-17(4)9-8-12-18-10-6-7-11-18/h13,15H,5-12,14H2,1-4H3/b16-13+. The van der Waals surface area contributed by atoms with Crippen LogP contribution in [0.2, 0.25) is 0 Å². The molecule has 2 nitrogen and oxygen atoms in total. The van der Waals surface area contributed by atoms with Crippen LogP contribution in [0.4, 0.5) is 0 Å². The quantitative estimate of drug-likeness (QED) is 0.611. The van der Waals surface area contributed by atoms with Crippen LogP contribution in [0.5, 0.6) is 0 Å². The third kappa shape index (κ3) is 6.55. The van der Waals surface area contributed by atoms with E-state index in [1.807, 2.05) is 0 Å². The van der Waals surface area contributed by atoms with Gasteiger partial charge in [-0.3, -0.25) is 0 Å². The van der Waals surface area contributed by atoms with Gasteiger partial charge in [0.1, 0.15) is 0 Å². The fraction of sp³-hybridized carbons (Fsp3) is 0.875. The average molecular weight is 252 g/mol. The molecule has 1 atom stereocenters. The highest BCUT2D eigenvalue weighted by atomic mass is 15.1. The fourth-order valence-corrected chi connectivity index (χ4v) is 2.73. The Balaban J connectivity index is 2.12. The Morgan fingerprint density at radius 1 is 1.33 bits per heavy atom. The maximum absolute atomic E-state index is 2.61. The number of allylic oxidation sites excluding steroid dienone is 1. The Bertz CT molecular complexity index is 241. The summed E-state index contributed by atoms with van der Waals surface area (Å²) in [5.74, 6) is 0.725. The summed E-state index contributed by atoms with van der Waals surface area (Å²) in [6.45, 7) is 13.1. The summed E-state index contributed by atoms with van der Waals surface area (Å²) in [5, 5.41) is 0. The number of hydrogen-bond acceptors (Lipinski definition) is 2. The first-order chi connectivity index (χ1) is 8.61. The molecule has 1 aliphatic heterocycles. The van der Waals surface area contributed by atoms with Crippen molar-refractivity contribution in [2.45, 2.75) is 46.5 Å². The van der Waals surface area contributed by atoms with Gasteiger partial charge in [0.05, 0.1) is 0 Å². The van der Waals surface area contributed by atoms with Crippen LogP contribution in [0, 0.1) is 5.92 Å². The molecule has 106 valence electrons. The smallest absolute Gasteiger partial charge is 0.0187 e. The maximum atomic E-state index is 2.61. The zero-order valence-corrected chi connectivity index (χ0v) is 12.9. The van der Waals surface area contributed by atoms with E-state index in [0.29, 0.717) is 0 Å². The molecule has 2 heteroatoms. The molecule has 0 radical (unpaired) electrons. The van der Waals surface area contributed by atoms with Crippen LogP contribution >= 0.6 is 0 Å². The SMILES string of the molecule is CCC(C)/C=C(\C)CN(C)CCCN1CCCC1. The van der Waals surface area contributed by atoms with Crippen LogP contribution < -0.4 is 0 Å². The zero-order valence-electron chi connectivity index (χ0n) is 12.9. The van der Waals surface area contributed by atoms with Crippen LogP contribution in [0.25, 0.3) is 0 Å². The van der Waals surface area contributed by atoms with Crippen LogP contribution in [0.15, 0.2) is 11.6 Å². The van der Waals surface area contributed by atoms with Gasteiger partial charge in [-0.05, 0) is 65.3 Å². The van der Waals surface area contributed by atoms with E-state index in [1.165, 1.54) is 57.4 Å². The Morgan fingerprint density at radius 2 is 2.00 bits per heavy atom. The number of likely N-dealkylation sites (tertiary alicyclic amines) is 1. The van der Waals surface area contributed by atoms with E-state index in [9.17, 15) is 0 Å². The van der Waals surface area contributed by atoms with E-state index >= 15 is 0 Å². The summed E-state index contributed by atoms with van der Waals surface area (Å²) in [6, 6.07) is 0. The Hall–Kier alpha value is -0.340. The second-order valence-electron chi connectivity index (χ2n) is 6.04. The van der Waals surface area contributed by atoms with Crippen molar-refractivity contribution in [3.8, 4) is 0 Å². The van der Waals surface area contributed by atoms with Gasteiger partial charge in [-0.1, -0.05) is 31.9 Å². The molecule has 1 fully saturated rings. The van der Waals surface area contributed by atoms with Crippen LogP contribution in [-0.2, 0) is 0 Å². The highest BCUT2D eigenvalue weighted by Crippen LogP contribution is 2.09. The van der Waals surface area contributed by atoms with Gasteiger partial charge in [0.15, 0.2) is 0 Å². The summed E-state index contributed by atoms with van der Waals surface area (Å²) in [7, 11) is 2.25. The van der Waals surface area contributed by atoms with Crippen LogP contribution in [-0.4, -0.2) is 49.6 Å². The Kier molecular flexibility index (Phi) is 7.60. The molecule has 18 heavy (non-hydrogen) atoms. The Labute approximate surface area is 114 Å². The highest BCUT2D eigenvalue weighted by molar-refractivity contribution is 5.02. The average Bonchev–Trinajstić information content (AvgIpc) is 2.81. The molecule has 1 heterocycles. The summed E-state index contributed by atoms with van der Waals surface area (Å²) < 4.78 is 0. The van der Waals surface area contributed by atoms with Crippen molar-refractivity contribution >= 4 is 0 Å². The van der Waals surface area contributed by atoms with E-state index in [4.69, 9.17) is 0 Å². The second-order valence-corrected chi connectivity index (χ2v) is 6.04. The van der Waals surface area contributed by atoms with Crippen molar-refractivity contribution < 1.29 is 0 Å². The monoisotopic (exact) mass is 252 g/mol. The van der Waals surface area contributed by atoms with E-state index in [0.717, 1.165) is 12.5 Å². The molecule has 1 unspecified atom stereocenters. The van der Waals surface area contributed by atoms with Crippen molar-refractivity contribution in [1.82, 2.24) is 9.80 Å². The first-order valence-electron chi connectivity index (χ1n) is 7.70. The molecule has 1 aliphatic rings. The minimum absolute atomic E-state index is 0.725. The summed E-state index contributed by atoms with van der Waals surface area (Å²) in [5.41, 5.74) is 1.52. The van der Waals surface area contributed by atoms with Crippen molar-refractivity contribution in [3.63, 3.8) is 0 Å².